The number of ether oxygens (including phenoxy) is 2. The summed E-state index contributed by atoms with van der Waals surface area (Å²) in [6.45, 7) is 3.27. The Morgan fingerprint density at radius 1 is 1.29 bits per heavy atom. The minimum Gasteiger partial charge on any atom is -0.495 e. The van der Waals surface area contributed by atoms with Gasteiger partial charge in [0.1, 0.15) is 11.5 Å². The summed E-state index contributed by atoms with van der Waals surface area (Å²) in [5.74, 6) is 1.75. The summed E-state index contributed by atoms with van der Waals surface area (Å²) in [4.78, 5) is 1.05. The highest BCUT2D eigenvalue weighted by Crippen LogP contribution is 2.37. The lowest BCUT2D eigenvalue weighted by Gasteiger charge is -2.14. The van der Waals surface area contributed by atoms with E-state index in [0.717, 1.165) is 28.4 Å². The molecule has 3 nitrogen and oxygen atoms in total. The molecular formula is C12H20ClNO2S. The molecule has 0 aliphatic heterocycles. The first kappa shape index (κ1) is 16.4. The van der Waals surface area contributed by atoms with E-state index in [1.54, 1.807) is 18.9 Å². The predicted molar refractivity (Wildman–Crippen MR) is 76.0 cm³/mol. The van der Waals surface area contributed by atoms with Crippen LogP contribution >= 0.6 is 24.2 Å². The Kier molecular flexibility index (Phi) is 8.21. The van der Waals surface area contributed by atoms with Crippen molar-refractivity contribution in [3.05, 3.63) is 17.7 Å². The van der Waals surface area contributed by atoms with Crippen molar-refractivity contribution >= 4 is 24.2 Å². The zero-order chi connectivity index (χ0) is 12.0. The highest BCUT2D eigenvalue weighted by Gasteiger charge is 2.11. The van der Waals surface area contributed by atoms with E-state index in [0.29, 0.717) is 13.2 Å². The molecule has 0 radical (unpaired) electrons. The van der Waals surface area contributed by atoms with E-state index in [1.807, 2.05) is 25.3 Å². The Balaban J connectivity index is 0.00000256. The van der Waals surface area contributed by atoms with Crippen LogP contribution in [0.15, 0.2) is 17.0 Å². The van der Waals surface area contributed by atoms with Gasteiger partial charge in [-0.05, 0) is 43.8 Å². The summed E-state index contributed by atoms with van der Waals surface area (Å²) in [6, 6.07) is 4.08. The van der Waals surface area contributed by atoms with Crippen molar-refractivity contribution in [3.8, 4) is 11.5 Å². The van der Waals surface area contributed by atoms with Crippen LogP contribution in [0, 0.1) is 0 Å². The van der Waals surface area contributed by atoms with Gasteiger partial charge < -0.3 is 15.2 Å². The topological polar surface area (TPSA) is 44.5 Å². The minimum absolute atomic E-state index is 0. The number of hydrogen-bond donors (Lipinski definition) is 1. The van der Waals surface area contributed by atoms with Gasteiger partial charge in [0.05, 0.1) is 18.6 Å². The average Bonchev–Trinajstić information content (AvgIpc) is 2.29. The third kappa shape index (κ3) is 4.30. The van der Waals surface area contributed by atoms with Crippen LogP contribution in [0.1, 0.15) is 12.5 Å². The summed E-state index contributed by atoms with van der Waals surface area (Å²) in [5, 5.41) is 0. The lowest BCUT2D eigenvalue weighted by Crippen LogP contribution is -2.04. The van der Waals surface area contributed by atoms with E-state index >= 15 is 0 Å². The van der Waals surface area contributed by atoms with E-state index in [1.165, 1.54) is 0 Å². The number of hydrogen-bond acceptors (Lipinski definition) is 4. The highest BCUT2D eigenvalue weighted by atomic mass is 35.5. The smallest absolute Gasteiger partial charge is 0.136 e. The number of methoxy groups -OCH3 is 1. The number of thioether (sulfide) groups is 1. The van der Waals surface area contributed by atoms with Crippen molar-refractivity contribution in [2.75, 3.05) is 26.5 Å². The van der Waals surface area contributed by atoms with Crippen molar-refractivity contribution < 1.29 is 9.47 Å². The Hall–Kier alpha value is -0.580. The molecule has 0 unspecified atom stereocenters. The molecule has 0 saturated heterocycles. The molecule has 0 aromatic heterocycles. The van der Waals surface area contributed by atoms with Crippen LogP contribution in [-0.2, 0) is 6.42 Å². The number of halogens is 1. The van der Waals surface area contributed by atoms with Crippen LogP contribution in [0.25, 0.3) is 0 Å². The molecule has 0 heterocycles. The maximum atomic E-state index is 5.62. The molecule has 1 rings (SSSR count). The van der Waals surface area contributed by atoms with E-state index < -0.39 is 0 Å². The monoisotopic (exact) mass is 277 g/mol. The number of rotatable bonds is 6. The molecule has 0 fully saturated rings. The molecule has 1 aromatic carbocycles. The fraction of sp³-hybridized carbons (Fsp3) is 0.500. The lowest BCUT2D eigenvalue weighted by molar-refractivity contribution is 0.324. The fourth-order valence-electron chi connectivity index (χ4n) is 1.56. The Morgan fingerprint density at radius 2 is 1.94 bits per heavy atom. The summed E-state index contributed by atoms with van der Waals surface area (Å²) in [6.07, 6.45) is 2.86. The van der Waals surface area contributed by atoms with Gasteiger partial charge >= 0.3 is 0 Å². The molecule has 0 aliphatic rings. The van der Waals surface area contributed by atoms with Crippen LogP contribution < -0.4 is 15.2 Å². The van der Waals surface area contributed by atoms with Gasteiger partial charge in [0, 0.05) is 0 Å². The minimum atomic E-state index is 0. The molecule has 0 amide bonds. The predicted octanol–water partition coefficient (Wildman–Crippen LogP) is 2.74. The largest absolute Gasteiger partial charge is 0.495 e. The first-order chi connectivity index (χ1) is 7.76. The van der Waals surface area contributed by atoms with Crippen LogP contribution in [0.4, 0.5) is 0 Å². The van der Waals surface area contributed by atoms with Gasteiger partial charge in [-0.1, -0.05) is 0 Å². The van der Waals surface area contributed by atoms with E-state index in [9.17, 15) is 0 Å². The van der Waals surface area contributed by atoms with Crippen LogP contribution in [0.5, 0.6) is 11.5 Å². The third-order valence-corrected chi connectivity index (χ3v) is 3.05. The summed E-state index contributed by atoms with van der Waals surface area (Å²) < 4.78 is 11.0. The second-order valence-electron chi connectivity index (χ2n) is 3.30. The summed E-state index contributed by atoms with van der Waals surface area (Å²) in [7, 11) is 1.68. The molecule has 0 bridgehead atoms. The van der Waals surface area contributed by atoms with Gasteiger partial charge in [-0.3, -0.25) is 0 Å². The third-order valence-electron chi connectivity index (χ3n) is 2.24. The number of benzene rings is 1. The van der Waals surface area contributed by atoms with E-state index in [-0.39, 0.29) is 12.4 Å². The molecule has 17 heavy (non-hydrogen) atoms. The van der Waals surface area contributed by atoms with Crippen LogP contribution in [0.3, 0.4) is 0 Å². The van der Waals surface area contributed by atoms with Crippen molar-refractivity contribution in [3.63, 3.8) is 0 Å². The first-order valence-electron chi connectivity index (χ1n) is 5.34. The fourth-order valence-corrected chi connectivity index (χ4v) is 2.22. The molecule has 0 spiro atoms. The molecular weight excluding hydrogens is 258 g/mol. The van der Waals surface area contributed by atoms with E-state index in [4.69, 9.17) is 15.2 Å². The molecule has 0 atom stereocenters. The molecule has 0 aliphatic carbocycles. The van der Waals surface area contributed by atoms with Gasteiger partial charge in [0.2, 0.25) is 0 Å². The van der Waals surface area contributed by atoms with Crippen LogP contribution in [-0.4, -0.2) is 26.5 Å². The van der Waals surface area contributed by atoms with Gasteiger partial charge in [0.25, 0.3) is 0 Å². The quantitative estimate of drug-likeness (QED) is 0.812. The zero-order valence-electron chi connectivity index (χ0n) is 10.5. The second-order valence-corrected chi connectivity index (χ2v) is 4.12. The Labute approximate surface area is 113 Å². The first-order valence-corrected chi connectivity index (χ1v) is 6.57. The average molecular weight is 278 g/mol. The molecule has 98 valence electrons. The molecule has 0 saturated carbocycles. The van der Waals surface area contributed by atoms with Crippen molar-refractivity contribution in [1.29, 1.82) is 0 Å². The lowest BCUT2D eigenvalue weighted by atomic mass is 10.1. The van der Waals surface area contributed by atoms with Crippen LogP contribution in [0.2, 0.25) is 0 Å². The van der Waals surface area contributed by atoms with Gasteiger partial charge in [-0.25, -0.2) is 0 Å². The molecule has 2 N–H and O–H groups in total. The maximum absolute atomic E-state index is 5.62. The second kappa shape index (κ2) is 8.50. The van der Waals surface area contributed by atoms with Crippen molar-refractivity contribution in [1.82, 2.24) is 0 Å². The highest BCUT2D eigenvalue weighted by molar-refractivity contribution is 7.98. The summed E-state index contributed by atoms with van der Waals surface area (Å²) >= 11 is 1.63. The van der Waals surface area contributed by atoms with Gasteiger partial charge in [-0.15, -0.1) is 24.2 Å². The normalized spacial score (nSPS) is 9.65. The zero-order valence-corrected chi connectivity index (χ0v) is 12.1. The van der Waals surface area contributed by atoms with Crippen molar-refractivity contribution in [2.45, 2.75) is 18.2 Å². The molecule has 5 heteroatoms. The van der Waals surface area contributed by atoms with E-state index in [2.05, 4.69) is 0 Å². The summed E-state index contributed by atoms with van der Waals surface area (Å²) in [5.41, 5.74) is 6.71. The Morgan fingerprint density at radius 3 is 2.41 bits per heavy atom. The Bertz CT molecular complexity index is 348. The standard InChI is InChI=1S/C12H19NO2S.ClH/c1-4-15-11-8-9(5-6-13)7-10(14-2)12(11)16-3;/h7-8H,4-6,13H2,1-3H3;1H. The number of nitrogens with two attached hydrogens (primary N) is 1. The van der Waals surface area contributed by atoms with Gasteiger partial charge in [-0.2, -0.15) is 0 Å². The van der Waals surface area contributed by atoms with Gasteiger partial charge in [0.15, 0.2) is 0 Å². The molecule has 1 aromatic rings. The van der Waals surface area contributed by atoms with Crippen molar-refractivity contribution in [2.24, 2.45) is 5.73 Å². The SMILES string of the molecule is CCOc1cc(CCN)cc(OC)c1SC.Cl. The maximum Gasteiger partial charge on any atom is 0.136 e.